The fourth-order valence-electron chi connectivity index (χ4n) is 1.02. The van der Waals surface area contributed by atoms with Crippen LogP contribution in [0.15, 0.2) is 30.3 Å². The molecule has 1 radical (unpaired) electrons. The molecule has 1 aromatic carbocycles. The fourth-order valence-corrected chi connectivity index (χ4v) is 1.02. The molecule has 1 nitrogen and oxygen atoms in total. The Bertz CT molecular complexity index is 193. The van der Waals surface area contributed by atoms with Crippen LogP contribution in [0.5, 0.6) is 0 Å². The van der Waals surface area contributed by atoms with E-state index < -0.39 is 6.10 Å². The summed E-state index contributed by atoms with van der Waals surface area (Å²) in [6, 6.07) is 9.91. The Morgan fingerprint density at radius 3 is 2.45 bits per heavy atom. The highest BCUT2D eigenvalue weighted by Gasteiger charge is 2.02. The van der Waals surface area contributed by atoms with Crippen molar-refractivity contribution in [1.82, 2.24) is 0 Å². The molecule has 0 fully saturated rings. The van der Waals surface area contributed by atoms with Gasteiger partial charge < -0.3 is 0 Å². The Hall–Kier alpha value is -0.820. The molecule has 0 spiro atoms. The maximum Gasteiger partial charge on any atom is 0.0967 e. The third-order valence-electron chi connectivity index (χ3n) is 1.76. The van der Waals surface area contributed by atoms with Crippen LogP contribution < -0.4 is 0 Å². The van der Waals surface area contributed by atoms with E-state index in [-0.39, 0.29) is 0 Å². The molecule has 1 unspecified atom stereocenters. The summed E-state index contributed by atoms with van der Waals surface area (Å²) in [5, 5.41) is 11.1. The Morgan fingerprint density at radius 1 is 1.27 bits per heavy atom. The quantitative estimate of drug-likeness (QED) is 0.629. The van der Waals surface area contributed by atoms with E-state index in [0.29, 0.717) is 6.42 Å². The minimum Gasteiger partial charge on any atom is -0.233 e. The monoisotopic (exact) mass is 149 g/mol. The molecule has 59 valence electrons. The van der Waals surface area contributed by atoms with Crippen molar-refractivity contribution >= 4 is 0 Å². The Kier molecular flexibility index (Phi) is 3.12. The molecular formula is C10H13O. The number of hydrogen-bond acceptors (Lipinski definition) is 0. The molecule has 0 aliphatic carbocycles. The fraction of sp³-hybridized carbons (Fsp3) is 0.400. The third-order valence-corrected chi connectivity index (χ3v) is 1.76. The Balaban J connectivity index is 2.51. The summed E-state index contributed by atoms with van der Waals surface area (Å²) in [4.78, 5) is 0. The summed E-state index contributed by atoms with van der Waals surface area (Å²) in [6.07, 6.45) is 0.948. The second-order valence-corrected chi connectivity index (χ2v) is 2.72. The lowest BCUT2D eigenvalue weighted by Crippen LogP contribution is -2.05. The van der Waals surface area contributed by atoms with Crippen molar-refractivity contribution < 1.29 is 5.11 Å². The maximum absolute atomic E-state index is 11.1. The van der Waals surface area contributed by atoms with Crippen LogP contribution in [0.3, 0.4) is 0 Å². The second kappa shape index (κ2) is 4.14. The SMILES string of the molecule is CCC([O])Cc1ccccc1. The predicted molar refractivity (Wildman–Crippen MR) is 44.9 cm³/mol. The first-order valence-corrected chi connectivity index (χ1v) is 4.02. The standard InChI is InChI=1S/C10H13O/c1-2-10(11)8-9-6-4-3-5-7-9/h3-7,10H,2,8H2,1H3. The van der Waals surface area contributed by atoms with Crippen molar-refractivity contribution in [2.75, 3.05) is 0 Å². The topological polar surface area (TPSA) is 19.9 Å². The maximum atomic E-state index is 11.1. The Morgan fingerprint density at radius 2 is 1.91 bits per heavy atom. The van der Waals surface area contributed by atoms with Gasteiger partial charge in [0.25, 0.3) is 0 Å². The van der Waals surface area contributed by atoms with Crippen molar-refractivity contribution in [1.29, 1.82) is 0 Å². The largest absolute Gasteiger partial charge is 0.233 e. The van der Waals surface area contributed by atoms with Gasteiger partial charge in [0, 0.05) is 6.42 Å². The van der Waals surface area contributed by atoms with Crippen molar-refractivity contribution in [2.45, 2.75) is 25.9 Å². The molecule has 1 rings (SSSR count). The average Bonchev–Trinajstić information content (AvgIpc) is 2.06. The average molecular weight is 149 g/mol. The molecule has 0 amide bonds. The van der Waals surface area contributed by atoms with E-state index in [4.69, 9.17) is 0 Å². The van der Waals surface area contributed by atoms with Crippen LogP contribution in [0.4, 0.5) is 0 Å². The smallest absolute Gasteiger partial charge is 0.0967 e. The molecule has 0 saturated carbocycles. The van der Waals surface area contributed by atoms with Gasteiger partial charge >= 0.3 is 0 Å². The summed E-state index contributed by atoms with van der Waals surface area (Å²) in [7, 11) is 0. The lowest BCUT2D eigenvalue weighted by atomic mass is 10.1. The second-order valence-electron chi connectivity index (χ2n) is 2.72. The van der Waals surface area contributed by atoms with Gasteiger partial charge in [-0.2, -0.15) is 0 Å². The summed E-state index contributed by atoms with van der Waals surface area (Å²) in [6.45, 7) is 1.93. The summed E-state index contributed by atoms with van der Waals surface area (Å²) in [5.74, 6) is 0. The molecule has 0 aliphatic heterocycles. The molecule has 0 N–H and O–H groups in total. The molecule has 1 atom stereocenters. The summed E-state index contributed by atoms with van der Waals surface area (Å²) in [5.41, 5.74) is 1.15. The highest BCUT2D eigenvalue weighted by Crippen LogP contribution is 2.04. The van der Waals surface area contributed by atoms with Gasteiger partial charge in [-0.1, -0.05) is 37.3 Å². The minimum atomic E-state index is -0.433. The molecule has 0 aromatic heterocycles. The van der Waals surface area contributed by atoms with Crippen LogP contribution in [0.2, 0.25) is 0 Å². The van der Waals surface area contributed by atoms with Gasteiger partial charge in [-0.05, 0) is 12.0 Å². The highest BCUT2D eigenvalue weighted by molar-refractivity contribution is 5.15. The molecular weight excluding hydrogens is 136 g/mol. The van der Waals surface area contributed by atoms with E-state index in [1.165, 1.54) is 0 Å². The molecule has 0 bridgehead atoms. The van der Waals surface area contributed by atoms with E-state index >= 15 is 0 Å². The molecule has 0 heterocycles. The van der Waals surface area contributed by atoms with Gasteiger partial charge in [0.2, 0.25) is 0 Å². The summed E-state index contributed by atoms with van der Waals surface area (Å²) < 4.78 is 0. The first-order chi connectivity index (χ1) is 5.33. The van der Waals surface area contributed by atoms with E-state index in [1.807, 2.05) is 37.3 Å². The zero-order chi connectivity index (χ0) is 8.10. The van der Waals surface area contributed by atoms with Crippen molar-refractivity contribution in [3.8, 4) is 0 Å². The van der Waals surface area contributed by atoms with E-state index in [0.717, 1.165) is 12.0 Å². The molecule has 0 aliphatic rings. The number of rotatable bonds is 3. The predicted octanol–water partition coefficient (Wildman–Crippen LogP) is 2.44. The number of benzene rings is 1. The third kappa shape index (κ3) is 2.72. The van der Waals surface area contributed by atoms with E-state index in [9.17, 15) is 5.11 Å². The first-order valence-electron chi connectivity index (χ1n) is 4.02. The van der Waals surface area contributed by atoms with Gasteiger partial charge in [-0.15, -0.1) is 0 Å². The summed E-state index contributed by atoms with van der Waals surface area (Å²) >= 11 is 0. The van der Waals surface area contributed by atoms with Crippen molar-refractivity contribution in [3.63, 3.8) is 0 Å². The van der Waals surface area contributed by atoms with Crippen LogP contribution in [0.1, 0.15) is 18.9 Å². The van der Waals surface area contributed by atoms with Crippen LogP contribution in [-0.2, 0) is 11.5 Å². The normalized spacial score (nSPS) is 12.9. The Labute approximate surface area is 67.7 Å². The molecule has 1 aromatic rings. The zero-order valence-corrected chi connectivity index (χ0v) is 6.79. The van der Waals surface area contributed by atoms with Crippen LogP contribution >= 0.6 is 0 Å². The molecule has 11 heavy (non-hydrogen) atoms. The first kappa shape index (κ1) is 8.28. The molecule has 1 heteroatoms. The van der Waals surface area contributed by atoms with Gasteiger partial charge in [0.1, 0.15) is 0 Å². The zero-order valence-electron chi connectivity index (χ0n) is 6.79. The van der Waals surface area contributed by atoms with Crippen LogP contribution in [0, 0.1) is 0 Å². The lowest BCUT2D eigenvalue weighted by Gasteiger charge is -2.03. The van der Waals surface area contributed by atoms with E-state index in [1.54, 1.807) is 0 Å². The van der Waals surface area contributed by atoms with Gasteiger partial charge in [-0.3, -0.25) is 0 Å². The van der Waals surface area contributed by atoms with Crippen LogP contribution in [0.25, 0.3) is 0 Å². The van der Waals surface area contributed by atoms with Gasteiger partial charge in [0.05, 0.1) is 6.10 Å². The van der Waals surface area contributed by atoms with E-state index in [2.05, 4.69) is 0 Å². The van der Waals surface area contributed by atoms with Gasteiger partial charge in [-0.25, -0.2) is 5.11 Å². The van der Waals surface area contributed by atoms with Crippen molar-refractivity contribution in [2.24, 2.45) is 0 Å². The minimum absolute atomic E-state index is 0.433. The molecule has 0 saturated heterocycles. The lowest BCUT2D eigenvalue weighted by molar-refractivity contribution is 0.0860. The number of hydrogen-bond donors (Lipinski definition) is 0. The van der Waals surface area contributed by atoms with Crippen LogP contribution in [-0.4, -0.2) is 6.10 Å². The van der Waals surface area contributed by atoms with Gasteiger partial charge in [0.15, 0.2) is 0 Å². The highest BCUT2D eigenvalue weighted by atomic mass is 16.3. The van der Waals surface area contributed by atoms with Crippen molar-refractivity contribution in [3.05, 3.63) is 35.9 Å².